The van der Waals surface area contributed by atoms with Crippen molar-refractivity contribution in [3.8, 4) is 5.75 Å². The summed E-state index contributed by atoms with van der Waals surface area (Å²) >= 11 is 13.9. The third-order valence-electron chi connectivity index (χ3n) is 6.00. The molecule has 0 spiro atoms. The molecule has 3 amide bonds. The van der Waals surface area contributed by atoms with Crippen molar-refractivity contribution >= 4 is 75.7 Å². The molecule has 2 aliphatic rings. The van der Waals surface area contributed by atoms with E-state index in [1.165, 1.54) is 6.07 Å². The van der Waals surface area contributed by atoms with E-state index < -0.39 is 47.3 Å². The quantitative estimate of drug-likeness (QED) is 0.353. The number of aromatic amines is 1. The predicted octanol–water partition coefficient (Wildman–Crippen LogP) is 3.44. The third kappa shape index (κ3) is 5.04. The Morgan fingerprint density at radius 3 is 2.61 bits per heavy atom. The summed E-state index contributed by atoms with van der Waals surface area (Å²) in [5.74, 6) is -4.24. The molecule has 38 heavy (non-hydrogen) atoms. The second kappa shape index (κ2) is 10.4. The lowest BCUT2D eigenvalue weighted by molar-refractivity contribution is -0.149. The van der Waals surface area contributed by atoms with Crippen molar-refractivity contribution in [2.75, 3.05) is 18.5 Å². The Balaban J connectivity index is 1.39. The zero-order valence-corrected chi connectivity index (χ0v) is 22.2. The van der Waals surface area contributed by atoms with E-state index in [0.29, 0.717) is 31.9 Å². The first kappa shape index (κ1) is 26.3. The van der Waals surface area contributed by atoms with Crippen LogP contribution in [-0.4, -0.2) is 57.1 Å². The number of nitrogens with zero attached hydrogens (tertiary/aromatic N) is 1. The summed E-state index contributed by atoms with van der Waals surface area (Å²) in [6, 6.07) is 11.3. The molecule has 1 saturated heterocycles. The van der Waals surface area contributed by atoms with Crippen LogP contribution in [0.15, 0.2) is 52.3 Å². The van der Waals surface area contributed by atoms with Crippen molar-refractivity contribution in [1.29, 1.82) is 0 Å². The second-order valence-corrected chi connectivity index (χ2v) is 11.4. The summed E-state index contributed by atoms with van der Waals surface area (Å²) in [5, 5.41) is 12.1. The fourth-order valence-electron chi connectivity index (χ4n) is 4.44. The normalized spacial score (nSPS) is 20.2. The van der Waals surface area contributed by atoms with E-state index >= 15 is 0 Å². The van der Waals surface area contributed by atoms with Crippen LogP contribution in [0.1, 0.15) is 16.4 Å². The van der Waals surface area contributed by atoms with Gasteiger partial charge in [0.05, 0.1) is 21.0 Å². The van der Waals surface area contributed by atoms with Crippen LogP contribution in [0.3, 0.4) is 0 Å². The van der Waals surface area contributed by atoms with Gasteiger partial charge in [0.1, 0.15) is 17.5 Å². The van der Waals surface area contributed by atoms with Gasteiger partial charge >= 0.3 is 10.8 Å². The maximum atomic E-state index is 13.2. The molecule has 0 bridgehead atoms. The number of imide groups is 1. The van der Waals surface area contributed by atoms with Crippen LogP contribution >= 0.6 is 46.3 Å². The highest BCUT2D eigenvalue weighted by molar-refractivity contribution is 8.00. The van der Waals surface area contributed by atoms with Crippen LogP contribution in [0.5, 0.6) is 5.75 Å². The van der Waals surface area contributed by atoms with Crippen molar-refractivity contribution in [2.45, 2.75) is 16.2 Å². The number of rotatable bonds is 7. The number of anilines is 1. The molecule has 3 atom stereocenters. The lowest BCUT2D eigenvalue weighted by Gasteiger charge is -2.30. The zero-order chi connectivity index (χ0) is 27.1. The first-order chi connectivity index (χ1) is 18.1. The minimum atomic E-state index is -1.30. The third-order valence-corrected chi connectivity index (χ3v) is 9.14. The average molecular weight is 594 g/mol. The molecule has 1 aromatic heterocycles. The molecule has 3 heterocycles. The van der Waals surface area contributed by atoms with Gasteiger partial charge in [-0.1, -0.05) is 58.4 Å². The van der Waals surface area contributed by atoms with Gasteiger partial charge in [-0.15, -0.1) is 0 Å². The standard InChI is InChI=1S/C24H17Cl2N3O7S2/c25-13-5-4-11(7-14(13)26)27-15(30)9-36-12-3-1-2-10(6-12)17-18-20(37-21-19(17)38-24(35)28-21)23(34)29(22(18)33)8-16(31)32/h1-7,17-18,20H,8-9H2,(H,27,30)(H,28,35)(H,31,32)/t17-,18+,20-/m0/s1. The number of thioether (sulfide) groups is 1. The molecule has 5 rings (SSSR count). The number of hydrogen-bond acceptors (Lipinski definition) is 8. The highest BCUT2D eigenvalue weighted by Crippen LogP contribution is 2.52. The fraction of sp³-hybridized carbons (Fsp3) is 0.208. The maximum absolute atomic E-state index is 13.2. The number of fused-ring (bicyclic) bond motifs is 2. The van der Waals surface area contributed by atoms with Gasteiger partial charge < -0.3 is 20.1 Å². The Labute approximate surface area is 232 Å². The number of nitrogens with one attached hydrogen (secondary N) is 2. The second-order valence-electron chi connectivity index (χ2n) is 8.44. The van der Waals surface area contributed by atoms with Crippen molar-refractivity contribution in [1.82, 2.24) is 9.88 Å². The van der Waals surface area contributed by atoms with Crippen molar-refractivity contribution in [3.05, 3.63) is 72.6 Å². The Morgan fingerprint density at radius 1 is 1.08 bits per heavy atom. The number of halogens is 2. The van der Waals surface area contributed by atoms with Crippen LogP contribution < -0.4 is 14.9 Å². The molecular formula is C24H17Cl2N3O7S2. The van der Waals surface area contributed by atoms with E-state index in [0.717, 1.165) is 28.0 Å². The first-order valence-electron chi connectivity index (χ1n) is 11.1. The van der Waals surface area contributed by atoms with E-state index in [2.05, 4.69) is 10.3 Å². The number of amides is 3. The minimum Gasteiger partial charge on any atom is -0.484 e. The van der Waals surface area contributed by atoms with Gasteiger partial charge in [0.25, 0.3) is 5.91 Å². The summed E-state index contributed by atoms with van der Waals surface area (Å²) in [5.41, 5.74) is 1.02. The lowest BCUT2D eigenvalue weighted by atomic mass is 9.83. The number of carbonyl (C=O) groups excluding carboxylic acids is 3. The molecule has 0 saturated carbocycles. The smallest absolute Gasteiger partial charge is 0.323 e. The molecule has 2 aliphatic heterocycles. The Kier molecular flexibility index (Phi) is 7.23. The topological polar surface area (TPSA) is 146 Å². The van der Waals surface area contributed by atoms with Crippen LogP contribution in [0.4, 0.5) is 5.69 Å². The molecular weight excluding hydrogens is 577 g/mol. The Bertz CT molecular complexity index is 1540. The monoisotopic (exact) mass is 593 g/mol. The van der Waals surface area contributed by atoms with Crippen LogP contribution in [0.25, 0.3) is 0 Å². The molecule has 3 N–H and O–H groups in total. The van der Waals surface area contributed by atoms with Gasteiger partial charge in [-0.05, 0) is 35.9 Å². The number of thiazole rings is 1. The summed E-state index contributed by atoms with van der Waals surface area (Å²) in [7, 11) is 0. The van der Waals surface area contributed by atoms with Gasteiger partial charge in [-0.25, -0.2) is 0 Å². The Morgan fingerprint density at radius 2 is 1.87 bits per heavy atom. The number of carbonyl (C=O) groups is 4. The molecule has 0 radical (unpaired) electrons. The number of H-pyrrole nitrogens is 1. The van der Waals surface area contributed by atoms with Crippen LogP contribution in [0.2, 0.25) is 10.0 Å². The van der Waals surface area contributed by atoms with E-state index in [-0.39, 0.29) is 16.5 Å². The molecule has 196 valence electrons. The fourth-order valence-corrected chi connectivity index (χ4v) is 7.28. The number of likely N-dealkylation sites (tertiary alicyclic amines) is 1. The largest absolute Gasteiger partial charge is 0.484 e. The Hall–Kier alpha value is -3.32. The van der Waals surface area contributed by atoms with E-state index in [1.54, 1.807) is 36.4 Å². The number of aliphatic carboxylic acids is 1. The van der Waals surface area contributed by atoms with E-state index in [9.17, 15) is 29.1 Å². The highest BCUT2D eigenvalue weighted by Gasteiger charge is 2.56. The molecule has 1 fully saturated rings. The number of carboxylic acid groups (broad SMARTS) is 1. The van der Waals surface area contributed by atoms with Gasteiger partial charge in [-0.3, -0.25) is 28.9 Å². The predicted molar refractivity (Wildman–Crippen MR) is 141 cm³/mol. The molecule has 10 nitrogen and oxygen atoms in total. The lowest BCUT2D eigenvalue weighted by Crippen LogP contribution is -2.36. The number of hydrogen-bond donors (Lipinski definition) is 3. The van der Waals surface area contributed by atoms with Crippen molar-refractivity contribution in [3.63, 3.8) is 0 Å². The number of carboxylic acids is 1. The summed E-state index contributed by atoms with van der Waals surface area (Å²) in [6.07, 6.45) is 0. The number of benzene rings is 2. The summed E-state index contributed by atoms with van der Waals surface area (Å²) < 4.78 is 5.67. The van der Waals surface area contributed by atoms with E-state index in [1.807, 2.05) is 0 Å². The van der Waals surface area contributed by atoms with E-state index in [4.69, 9.17) is 27.9 Å². The zero-order valence-electron chi connectivity index (χ0n) is 19.1. The van der Waals surface area contributed by atoms with Gasteiger partial charge in [0.15, 0.2) is 6.61 Å². The molecule has 2 aromatic carbocycles. The molecule has 0 unspecified atom stereocenters. The van der Waals surface area contributed by atoms with Gasteiger partial charge in [-0.2, -0.15) is 0 Å². The molecule has 0 aliphatic carbocycles. The average Bonchev–Trinajstić information content (AvgIpc) is 3.35. The summed E-state index contributed by atoms with van der Waals surface area (Å²) in [6.45, 7) is -1.07. The number of ether oxygens (including phenoxy) is 1. The number of aromatic nitrogens is 1. The maximum Gasteiger partial charge on any atom is 0.323 e. The van der Waals surface area contributed by atoms with Crippen molar-refractivity contribution in [2.24, 2.45) is 5.92 Å². The van der Waals surface area contributed by atoms with Crippen molar-refractivity contribution < 1.29 is 29.0 Å². The SMILES string of the molecule is O=C(O)CN1C(=O)[C@@H]2[C@H](c3cccc(OCC(=O)Nc4ccc(Cl)c(Cl)c4)c3)c3sc(=O)[nH]c3S[C@@H]2C1=O. The summed E-state index contributed by atoms with van der Waals surface area (Å²) in [4.78, 5) is 65.8. The van der Waals surface area contributed by atoms with Crippen LogP contribution in [-0.2, 0) is 19.2 Å². The first-order valence-corrected chi connectivity index (χ1v) is 13.5. The van der Waals surface area contributed by atoms with Crippen LogP contribution in [0, 0.1) is 5.92 Å². The van der Waals surface area contributed by atoms with Gasteiger partial charge in [0.2, 0.25) is 11.8 Å². The molecule has 14 heteroatoms. The minimum absolute atomic E-state index is 0.287. The van der Waals surface area contributed by atoms with Gasteiger partial charge in [0, 0.05) is 16.5 Å². The molecule has 3 aromatic rings. The highest BCUT2D eigenvalue weighted by atomic mass is 35.5.